The van der Waals surface area contributed by atoms with Crippen molar-refractivity contribution in [2.45, 2.75) is 18.8 Å². The summed E-state index contributed by atoms with van der Waals surface area (Å²) in [4.78, 5) is 35.7. The van der Waals surface area contributed by atoms with E-state index in [-0.39, 0.29) is 37.4 Å². The Balaban J connectivity index is 1.48. The molecule has 0 spiro atoms. The number of nitrogens with zero attached hydrogens (tertiary/aromatic N) is 4. The number of hydrogen-bond acceptors (Lipinski definition) is 4. The maximum atomic E-state index is 13.4. The van der Waals surface area contributed by atoms with Crippen LogP contribution >= 0.6 is 0 Å². The summed E-state index contributed by atoms with van der Waals surface area (Å²) in [7, 11) is 1.71. The van der Waals surface area contributed by atoms with E-state index in [1.165, 1.54) is 9.47 Å². The van der Waals surface area contributed by atoms with Gasteiger partial charge in [0.05, 0.1) is 22.9 Å². The molecular formula is C24H20F2N4O2. The lowest BCUT2D eigenvalue weighted by Crippen LogP contribution is -2.42. The lowest BCUT2D eigenvalue weighted by molar-refractivity contribution is -0.0494. The second-order valence-corrected chi connectivity index (χ2v) is 8.14. The second kappa shape index (κ2) is 7.47. The number of pyridine rings is 1. The maximum absolute atomic E-state index is 13.4. The highest BCUT2D eigenvalue weighted by atomic mass is 19.3. The molecule has 1 aliphatic rings. The Morgan fingerprint density at radius 1 is 1.03 bits per heavy atom. The Labute approximate surface area is 182 Å². The van der Waals surface area contributed by atoms with Crippen molar-refractivity contribution < 1.29 is 13.6 Å². The molecule has 4 aromatic rings. The predicted octanol–water partition coefficient (Wildman–Crippen LogP) is 4.02. The molecule has 8 heteroatoms. The number of fused-ring (bicyclic) bond motifs is 2. The number of halogens is 2. The third-order valence-corrected chi connectivity index (χ3v) is 5.95. The van der Waals surface area contributed by atoms with Crippen LogP contribution in [0.25, 0.3) is 33.1 Å². The van der Waals surface area contributed by atoms with Gasteiger partial charge in [-0.1, -0.05) is 6.07 Å². The smallest absolute Gasteiger partial charge is 0.258 e. The molecule has 0 unspecified atom stereocenters. The number of carbonyl (C=O) groups excluding carboxylic acids is 1. The Morgan fingerprint density at radius 2 is 1.81 bits per heavy atom. The summed E-state index contributed by atoms with van der Waals surface area (Å²) >= 11 is 0. The summed E-state index contributed by atoms with van der Waals surface area (Å²) in [6, 6.07) is 12.4. The minimum absolute atomic E-state index is 0.0339. The van der Waals surface area contributed by atoms with E-state index in [9.17, 15) is 18.4 Å². The molecule has 0 aliphatic carbocycles. The molecule has 1 fully saturated rings. The van der Waals surface area contributed by atoms with Gasteiger partial charge in [0, 0.05) is 55.7 Å². The van der Waals surface area contributed by atoms with Gasteiger partial charge in [-0.15, -0.1) is 0 Å². The molecule has 2 aromatic carbocycles. The van der Waals surface area contributed by atoms with E-state index in [1.54, 1.807) is 43.7 Å². The van der Waals surface area contributed by atoms with Gasteiger partial charge in [-0.2, -0.15) is 0 Å². The SMILES string of the molecule is Cn1ccc2cc(-c3cnc4ccc(C(=O)N5CCC(F)(F)CC5)cc4n3)ccc2c1=O. The van der Waals surface area contributed by atoms with Crippen molar-refractivity contribution in [3.05, 3.63) is 70.8 Å². The third-order valence-electron chi connectivity index (χ3n) is 5.95. The van der Waals surface area contributed by atoms with Crippen molar-refractivity contribution in [2.75, 3.05) is 13.1 Å². The maximum Gasteiger partial charge on any atom is 0.258 e. The lowest BCUT2D eigenvalue weighted by atomic mass is 10.0. The van der Waals surface area contributed by atoms with Gasteiger partial charge in [-0.3, -0.25) is 14.6 Å². The molecule has 0 saturated carbocycles. The van der Waals surface area contributed by atoms with Crippen LogP contribution in [0, 0.1) is 0 Å². The minimum Gasteiger partial charge on any atom is -0.338 e. The van der Waals surface area contributed by atoms with Gasteiger partial charge in [0.25, 0.3) is 17.4 Å². The van der Waals surface area contributed by atoms with E-state index in [0.29, 0.717) is 27.7 Å². The molecule has 1 saturated heterocycles. The van der Waals surface area contributed by atoms with Crippen molar-refractivity contribution in [1.29, 1.82) is 0 Å². The average molecular weight is 434 g/mol. The highest BCUT2D eigenvalue weighted by molar-refractivity contribution is 5.97. The number of aryl methyl sites for hydroxylation is 1. The van der Waals surface area contributed by atoms with Gasteiger partial charge in [-0.25, -0.2) is 13.8 Å². The molecule has 0 atom stereocenters. The molecule has 6 nitrogen and oxygen atoms in total. The number of amides is 1. The number of rotatable bonds is 2. The molecule has 0 radical (unpaired) electrons. The Bertz CT molecular complexity index is 1420. The zero-order valence-electron chi connectivity index (χ0n) is 17.4. The molecule has 1 aliphatic heterocycles. The van der Waals surface area contributed by atoms with Crippen molar-refractivity contribution >= 4 is 27.7 Å². The number of likely N-dealkylation sites (tertiary alicyclic amines) is 1. The van der Waals surface area contributed by atoms with Crippen molar-refractivity contribution in [1.82, 2.24) is 19.4 Å². The van der Waals surface area contributed by atoms with Crippen LogP contribution in [0.2, 0.25) is 0 Å². The fourth-order valence-corrected chi connectivity index (χ4v) is 4.01. The third kappa shape index (κ3) is 3.62. The molecule has 162 valence electrons. The number of piperidine rings is 1. The van der Waals surface area contributed by atoms with Crippen molar-refractivity contribution in [3.8, 4) is 11.3 Å². The molecule has 0 N–H and O–H groups in total. The van der Waals surface area contributed by atoms with Crippen LogP contribution in [0.3, 0.4) is 0 Å². The largest absolute Gasteiger partial charge is 0.338 e. The van der Waals surface area contributed by atoms with Crippen LogP contribution in [-0.2, 0) is 7.05 Å². The zero-order chi connectivity index (χ0) is 22.5. The highest BCUT2D eigenvalue weighted by Crippen LogP contribution is 2.29. The topological polar surface area (TPSA) is 68.1 Å². The number of hydrogen-bond donors (Lipinski definition) is 0. The summed E-state index contributed by atoms with van der Waals surface area (Å²) in [6.07, 6.45) is 2.73. The van der Waals surface area contributed by atoms with Gasteiger partial charge in [-0.05, 0) is 41.8 Å². The fraction of sp³-hybridized carbons (Fsp3) is 0.250. The monoisotopic (exact) mass is 434 g/mol. The molecule has 3 heterocycles. The molecular weight excluding hydrogens is 414 g/mol. The number of benzene rings is 2. The first kappa shape index (κ1) is 20.2. The van der Waals surface area contributed by atoms with Crippen LogP contribution in [-0.4, -0.2) is 44.4 Å². The van der Waals surface area contributed by atoms with E-state index < -0.39 is 5.92 Å². The number of alkyl halides is 2. The first-order valence-corrected chi connectivity index (χ1v) is 10.3. The first-order valence-electron chi connectivity index (χ1n) is 10.3. The average Bonchev–Trinajstić information content (AvgIpc) is 2.80. The lowest BCUT2D eigenvalue weighted by Gasteiger charge is -2.31. The van der Waals surface area contributed by atoms with Crippen LogP contribution < -0.4 is 5.56 Å². The standard InChI is InChI=1S/C24H20F2N4O2/c1-29-9-6-15-12-16(2-4-18(15)23(29)32)21-14-27-19-5-3-17(13-20(19)28-21)22(31)30-10-7-24(25,26)8-11-30/h2-6,9,12-14H,7-8,10-11H2,1H3. The van der Waals surface area contributed by atoms with Crippen LogP contribution in [0.15, 0.2) is 59.7 Å². The highest BCUT2D eigenvalue weighted by Gasteiger charge is 2.35. The molecule has 1 amide bonds. The summed E-state index contributed by atoms with van der Waals surface area (Å²) in [6.45, 7) is 0.0677. The van der Waals surface area contributed by atoms with Gasteiger partial charge < -0.3 is 9.47 Å². The normalized spacial score (nSPS) is 15.9. The summed E-state index contributed by atoms with van der Waals surface area (Å²) in [5.41, 5.74) is 2.91. The number of aromatic nitrogens is 3. The van der Waals surface area contributed by atoms with E-state index in [2.05, 4.69) is 9.97 Å². The van der Waals surface area contributed by atoms with Gasteiger partial charge in [0.1, 0.15) is 0 Å². The Morgan fingerprint density at radius 3 is 2.59 bits per heavy atom. The summed E-state index contributed by atoms with van der Waals surface area (Å²) in [5, 5.41) is 1.42. The molecule has 32 heavy (non-hydrogen) atoms. The van der Waals surface area contributed by atoms with Crippen molar-refractivity contribution in [2.24, 2.45) is 7.05 Å². The predicted molar refractivity (Wildman–Crippen MR) is 118 cm³/mol. The quantitative estimate of drug-likeness (QED) is 0.478. The molecule has 2 aromatic heterocycles. The van der Waals surface area contributed by atoms with Crippen LogP contribution in [0.4, 0.5) is 8.78 Å². The second-order valence-electron chi connectivity index (χ2n) is 8.14. The molecule has 5 rings (SSSR count). The van der Waals surface area contributed by atoms with E-state index in [4.69, 9.17) is 0 Å². The van der Waals surface area contributed by atoms with Gasteiger partial charge in [0.15, 0.2) is 0 Å². The van der Waals surface area contributed by atoms with Crippen LogP contribution in [0.5, 0.6) is 0 Å². The minimum atomic E-state index is -2.70. The first-order chi connectivity index (χ1) is 15.3. The zero-order valence-corrected chi connectivity index (χ0v) is 17.4. The van der Waals surface area contributed by atoms with Gasteiger partial charge >= 0.3 is 0 Å². The fourth-order valence-electron chi connectivity index (χ4n) is 4.01. The Kier molecular flexibility index (Phi) is 4.73. The Hall–Kier alpha value is -3.68. The van der Waals surface area contributed by atoms with Crippen LogP contribution in [0.1, 0.15) is 23.2 Å². The van der Waals surface area contributed by atoms with E-state index >= 15 is 0 Å². The summed E-state index contributed by atoms with van der Waals surface area (Å²) < 4.78 is 28.4. The van der Waals surface area contributed by atoms with E-state index in [0.717, 1.165) is 10.9 Å². The summed E-state index contributed by atoms with van der Waals surface area (Å²) in [5.74, 6) is -2.99. The number of carbonyl (C=O) groups is 1. The van der Waals surface area contributed by atoms with Gasteiger partial charge in [0.2, 0.25) is 0 Å². The molecule has 0 bridgehead atoms. The van der Waals surface area contributed by atoms with Crippen molar-refractivity contribution in [3.63, 3.8) is 0 Å². The van der Waals surface area contributed by atoms with E-state index in [1.807, 2.05) is 18.2 Å².